The fraction of sp³-hybridized carbons (Fsp3) is 0.355. The maximum atomic E-state index is 14.0. The van der Waals surface area contributed by atoms with E-state index in [1.807, 2.05) is 51.1 Å². The van der Waals surface area contributed by atoms with Gasteiger partial charge in [-0.05, 0) is 76.1 Å². The number of sulfonamides is 1. The summed E-state index contributed by atoms with van der Waals surface area (Å²) in [5.74, 6) is -1.03. The lowest BCUT2D eigenvalue weighted by molar-refractivity contribution is -0.139. The standard InChI is InChI=1S/C31H38FN3O6S/c1-22(30(37)33-31(2,3)4)34(19-18-23-10-8-7-9-11-23)29(36)21-35(25-14-12-24(32)13-15-25)42(38,39)26-16-17-27(40-5)28(20-26)41-6/h7-17,20,22H,18-19,21H2,1-6H3,(H,33,37). The third kappa shape index (κ3) is 8.22. The van der Waals surface area contributed by atoms with E-state index in [-0.39, 0.29) is 28.8 Å². The fourth-order valence-electron chi connectivity index (χ4n) is 4.28. The Bertz CT molecular complexity index is 1470. The number of methoxy groups -OCH3 is 2. The number of rotatable bonds is 12. The van der Waals surface area contributed by atoms with Gasteiger partial charge in [0.1, 0.15) is 18.4 Å². The molecule has 1 N–H and O–H groups in total. The molecule has 0 spiro atoms. The molecule has 226 valence electrons. The molecule has 0 saturated carbocycles. The van der Waals surface area contributed by atoms with E-state index < -0.39 is 39.9 Å². The van der Waals surface area contributed by atoms with Gasteiger partial charge in [-0.2, -0.15) is 0 Å². The van der Waals surface area contributed by atoms with Crippen molar-refractivity contribution in [3.05, 3.63) is 84.2 Å². The highest BCUT2D eigenvalue weighted by atomic mass is 32.2. The Hall–Kier alpha value is -4.12. The average molecular weight is 600 g/mol. The number of anilines is 1. The van der Waals surface area contributed by atoms with Crippen molar-refractivity contribution in [3.8, 4) is 11.5 Å². The van der Waals surface area contributed by atoms with Crippen molar-refractivity contribution in [1.29, 1.82) is 0 Å². The highest BCUT2D eigenvalue weighted by Gasteiger charge is 2.33. The maximum Gasteiger partial charge on any atom is 0.264 e. The van der Waals surface area contributed by atoms with Gasteiger partial charge in [0.05, 0.1) is 24.8 Å². The minimum atomic E-state index is -4.37. The van der Waals surface area contributed by atoms with Crippen molar-refractivity contribution >= 4 is 27.5 Å². The van der Waals surface area contributed by atoms with Gasteiger partial charge in [0.25, 0.3) is 10.0 Å². The first kappa shape index (κ1) is 32.4. The number of benzene rings is 3. The van der Waals surface area contributed by atoms with E-state index in [0.717, 1.165) is 22.0 Å². The summed E-state index contributed by atoms with van der Waals surface area (Å²) in [6, 6.07) is 17.4. The van der Waals surface area contributed by atoms with Crippen LogP contribution in [0.2, 0.25) is 0 Å². The highest BCUT2D eigenvalue weighted by molar-refractivity contribution is 7.92. The Morgan fingerprint density at radius 3 is 2.12 bits per heavy atom. The first-order valence-electron chi connectivity index (χ1n) is 13.4. The molecule has 1 atom stereocenters. The number of carbonyl (C=O) groups excluding carboxylic acids is 2. The van der Waals surface area contributed by atoms with Crippen LogP contribution in [0.1, 0.15) is 33.3 Å². The second-order valence-electron chi connectivity index (χ2n) is 10.7. The Morgan fingerprint density at radius 1 is 0.929 bits per heavy atom. The van der Waals surface area contributed by atoms with Crippen molar-refractivity contribution in [2.75, 3.05) is 31.6 Å². The molecule has 0 bridgehead atoms. The van der Waals surface area contributed by atoms with Crippen LogP contribution in [0, 0.1) is 5.82 Å². The van der Waals surface area contributed by atoms with Crippen molar-refractivity contribution in [1.82, 2.24) is 10.2 Å². The quantitative estimate of drug-likeness (QED) is 0.331. The van der Waals surface area contributed by atoms with Crippen LogP contribution in [0.15, 0.2) is 77.7 Å². The number of carbonyl (C=O) groups is 2. The molecule has 0 aliphatic rings. The van der Waals surface area contributed by atoms with Crippen molar-refractivity contribution < 1.29 is 31.9 Å². The lowest BCUT2D eigenvalue weighted by Gasteiger charge is -2.33. The third-order valence-corrected chi connectivity index (χ3v) is 8.26. The summed E-state index contributed by atoms with van der Waals surface area (Å²) in [4.78, 5) is 28.3. The van der Waals surface area contributed by atoms with Gasteiger partial charge in [0.2, 0.25) is 11.8 Å². The molecule has 9 nitrogen and oxygen atoms in total. The zero-order valence-corrected chi connectivity index (χ0v) is 25.6. The summed E-state index contributed by atoms with van der Waals surface area (Å²) in [5.41, 5.74) is 0.484. The fourth-order valence-corrected chi connectivity index (χ4v) is 5.71. The molecule has 0 aliphatic carbocycles. The number of amides is 2. The maximum absolute atomic E-state index is 14.0. The Morgan fingerprint density at radius 2 is 1.55 bits per heavy atom. The first-order valence-corrected chi connectivity index (χ1v) is 14.9. The van der Waals surface area contributed by atoms with Crippen LogP contribution in [-0.4, -0.2) is 64.0 Å². The van der Waals surface area contributed by atoms with Crippen molar-refractivity contribution in [2.24, 2.45) is 0 Å². The summed E-state index contributed by atoms with van der Waals surface area (Å²) >= 11 is 0. The highest BCUT2D eigenvalue weighted by Crippen LogP contribution is 2.32. The molecule has 11 heteroatoms. The summed E-state index contributed by atoms with van der Waals surface area (Å²) < 4.78 is 53.2. The molecule has 0 heterocycles. The summed E-state index contributed by atoms with van der Waals surface area (Å²) in [6.07, 6.45) is 0.443. The van der Waals surface area contributed by atoms with E-state index in [4.69, 9.17) is 9.47 Å². The van der Waals surface area contributed by atoms with E-state index in [1.54, 1.807) is 6.92 Å². The Balaban J connectivity index is 2.03. The molecule has 0 aliphatic heterocycles. The van der Waals surface area contributed by atoms with Crippen LogP contribution >= 0.6 is 0 Å². The van der Waals surface area contributed by atoms with Gasteiger partial charge in [-0.1, -0.05) is 30.3 Å². The number of hydrogen-bond donors (Lipinski definition) is 1. The van der Waals surface area contributed by atoms with E-state index in [1.165, 1.54) is 49.5 Å². The van der Waals surface area contributed by atoms with Crippen LogP contribution in [0.3, 0.4) is 0 Å². The minimum absolute atomic E-state index is 0.0781. The Labute approximate surface area is 247 Å². The van der Waals surface area contributed by atoms with Gasteiger partial charge < -0.3 is 19.7 Å². The molecular weight excluding hydrogens is 561 g/mol. The molecule has 0 aromatic heterocycles. The van der Waals surface area contributed by atoms with Gasteiger partial charge in [0.15, 0.2) is 11.5 Å². The SMILES string of the molecule is COc1ccc(S(=O)(=O)N(CC(=O)N(CCc2ccccc2)C(C)C(=O)NC(C)(C)C)c2ccc(F)cc2)cc1OC. The molecule has 0 saturated heterocycles. The van der Waals surface area contributed by atoms with E-state index >= 15 is 0 Å². The predicted molar refractivity (Wildman–Crippen MR) is 160 cm³/mol. The predicted octanol–water partition coefficient (Wildman–Crippen LogP) is 4.41. The molecule has 1 unspecified atom stereocenters. The number of nitrogens with zero attached hydrogens (tertiary/aromatic N) is 2. The zero-order chi connectivity index (χ0) is 31.1. The number of hydrogen-bond acceptors (Lipinski definition) is 6. The van der Waals surface area contributed by atoms with Crippen LogP contribution < -0.4 is 19.1 Å². The topological polar surface area (TPSA) is 105 Å². The van der Waals surface area contributed by atoms with Gasteiger partial charge in [0, 0.05) is 18.2 Å². The smallest absolute Gasteiger partial charge is 0.264 e. The van der Waals surface area contributed by atoms with E-state index in [9.17, 15) is 22.4 Å². The van der Waals surface area contributed by atoms with Gasteiger partial charge in [-0.15, -0.1) is 0 Å². The molecular formula is C31H38FN3O6S. The summed E-state index contributed by atoms with van der Waals surface area (Å²) in [6.45, 7) is 6.63. The van der Waals surface area contributed by atoms with E-state index in [0.29, 0.717) is 12.2 Å². The van der Waals surface area contributed by atoms with Crippen molar-refractivity contribution in [2.45, 2.75) is 50.6 Å². The monoisotopic (exact) mass is 599 g/mol. The van der Waals surface area contributed by atoms with Gasteiger partial charge >= 0.3 is 0 Å². The van der Waals surface area contributed by atoms with Gasteiger partial charge in [-0.3, -0.25) is 13.9 Å². The summed E-state index contributed by atoms with van der Waals surface area (Å²) in [5, 5.41) is 2.89. The number of ether oxygens (including phenoxy) is 2. The number of nitrogens with one attached hydrogen (secondary N) is 1. The molecule has 0 fully saturated rings. The third-order valence-electron chi connectivity index (χ3n) is 6.49. The largest absolute Gasteiger partial charge is 0.493 e. The number of halogens is 1. The van der Waals surface area contributed by atoms with Crippen LogP contribution in [0.25, 0.3) is 0 Å². The lowest BCUT2D eigenvalue weighted by Crippen LogP contribution is -2.55. The molecule has 3 rings (SSSR count). The lowest BCUT2D eigenvalue weighted by atomic mass is 10.1. The average Bonchev–Trinajstić information content (AvgIpc) is 2.95. The molecule has 2 amide bonds. The summed E-state index contributed by atoms with van der Waals surface area (Å²) in [7, 11) is -1.56. The molecule has 3 aromatic carbocycles. The second-order valence-corrected chi connectivity index (χ2v) is 12.6. The normalized spacial score (nSPS) is 12.3. The van der Waals surface area contributed by atoms with Crippen molar-refractivity contribution in [3.63, 3.8) is 0 Å². The molecule has 0 radical (unpaired) electrons. The van der Waals surface area contributed by atoms with Crippen LogP contribution in [0.5, 0.6) is 11.5 Å². The van der Waals surface area contributed by atoms with Crippen LogP contribution in [0.4, 0.5) is 10.1 Å². The van der Waals surface area contributed by atoms with Crippen LogP contribution in [-0.2, 0) is 26.0 Å². The minimum Gasteiger partial charge on any atom is -0.493 e. The first-order chi connectivity index (χ1) is 19.8. The van der Waals surface area contributed by atoms with Gasteiger partial charge in [-0.25, -0.2) is 12.8 Å². The van der Waals surface area contributed by atoms with E-state index in [2.05, 4.69) is 5.32 Å². The Kier molecular flexibility index (Phi) is 10.6. The molecule has 42 heavy (non-hydrogen) atoms. The zero-order valence-electron chi connectivity index (χ0n) is 24.8. The molecule has 3 aromatic rings. The second kappa shape index (κ2) is 13.7.